The molecular weight excluding hydrogens is 250 g/mol. The fraction of sp³-hybridized carbons (Fsp3) is 0.938. The second-order valence-electron chi connectivity index (χ2n) is 6.07. The van der Waals surface area contributed by atoms with Crippen molar-refractivity contribution in [2.75, 3.05) is 26.2 Å². The van der Waals surface area contributed by atoms with E-state index in [1.54, 1.807) is 0 Å². The van der Waals surface area contributed by atoms with Gasteiger partial charge in [0, 0.05) is 12.6 Å². The lowest BCUT2D eigenvalue weighted by Crippen LogP contribution is -2.48. The second-order valence-corrected chi connectivity index (χ2v) is 6.07. The van der Waals surface area contributed by atoms with Gasteiger partial charge in [0.1, 0.15) is 5.54 Å². The first-order valence-corrected chi connectivity index (χ1v) is 8.08. The largest absolute Gasteiger partial charge is 0.376 e. The Morgan fingerprint density at radius 1 is 1.40 bits per heavy atom. The van der Waals surface area contributed by atoms with Gasteiger partial charge in [0.2, 0.25) is 0 Å². The molecule has 1 rings (SSSR count). The first-order chi connectivity index (χ1) is 9.56. The van der Waals surface area contributed by atoms with Gasteiger partial charge in [-0.05, 0) is 52.6 Å². The molecule has 0 spiro atoms. The van der Waals surface area contributed by atoms with Gasteiger partial charge in [-0.2, -0.15) is 5.26 Å². The zero-order valence-corrected chi connectivity index (χ0v) is 13.6. The average Bonchev–Trinajstić information content (AvgIpc) is 2.46. The van der Waals surface area contributed by atoms with E-state index >= 15 is 0 Å². The molecule has 0 aromatic heterocycles. The predicted molar refractivity (Wildman–Crippen MR) is 82.6 cm³/mol. The summed E-state index contributed by atoms with van der Waals surface area (Å²) in [4.78, 5) is 2.49. The first kappa shape index (κ1) is 17.4. The van der Waals surface area contributed by atoms with E-state index in [1.807, 2.05) is 0 Å². The van der Waals surface area contributed by atoms with Crippen molar-refractivity contribution in [3.05, 3.63) is 0 Å². The Bertz CT molecular complexity index is 315. The maximum atomic E-state index is 9.49. The van der Waals surface area contributed by atoms with E-state index in [-0.39, 0.29) is 5.54 Å². The molecule has 0 aromatic carbocycles. The summed E-state index contributed by atoms with van der Waals surface area (Å²) < 4.78 is 5.66. The van der Waals surface area contributed by atoms with Gasteiger partial charge < -0.3 is 4.74 Å². The van der Waals surface area contributed by atoms with Crippen molar-refractivity contribution in [3.63, 3.8) is 0 Å². The highest BCUT2D eigenvalue weighted by Crippen LogP contribution is 2.19. The maximum Gasteiger partial charge on any atom is 0.106 e. The summed E-state index contributed by atoms with van der Waals surface area (Å²) in [5, 5.41) is 12.9. The summed E-state index contributed by atoms with van der Waals surface area (Å²) in [6, 6.07) is 3.00. The summed E-state index contributed by atoms with van der Waals surface area (Å²) in [6.45, 7) is 12.4. The molecule has 3 unspecified atom stereocenters. The number of nitriles is 1. The van der Waals surface area contributed by atoms with Crippen LogP contribution in [0.4, 0.5) is 0 Å². The Labute approximate surface area is 124 Å². The van der Waals surface area contributed by atoms with Crippen LogP contribution in [0, 0.1) is 11.3 Å². The normalized spacial score (nSPS) is 26.9. The van der Waals surface area contributed by atoms with E-state index in [1.165, 1.54) is 0 Å². The summed E-state index contributed by atoms with van der Waals surface area (Å²) in [7, 11) is 0. The third-order valence-corrected chi connectivity index (χ3v) is 4.32. The third kappa shape index (κ3) is 5.05. The Balaban J connectivity index is 2.41. The highest BCUT2D eigenvalue weighted by molar-refractivity contribution is 5.06. The van der Waals surface area contributed by atoms with Crippen LogP contribution in [0.2, 0.25) is 0 Å². The van der Waals surface area contributed by atoms with Crippen LogP contribution in [0.15, 0.2) is 0 Å². The maximum absolute atomic E-state index is 9.49. The molecule has 0 saturated carbocycles. The Morgan fingerprint density at radius 3 is 2.75 bits per heavy atom. The molecule has 0 aromatic rings. The lowest BCUT2D eigenvalue weighted by Gasteiger charge is -2.37. The lowest BCUT2D eigenvalue weighted by atomic mass is 9.91. The SMILES string of the molecule is CCCNC(C#N)(CC)CCCN1CC(C)OCC1C. The zero-order valence-electron chi connectivity index (χ0n) is 13.6. The van der Waals surface area contributed by atoms with Gasteiger partial charge in [0.15, 0.2) is 0 Å². The Hall–Kier alpha value is -0.630. The van der Waals surface area contributed by atoms with Gasteiger partial charge in [-0.1, -0.05) is 13.8 Å². The molecule has 3 atom stereocenters. The number of nitrogens with zero attached hydrogens (tertiary/aromatic N) is 2. The number of hydrogen-bond acceptors (Lipinski definition) is 4. The molecule has 20 heavy (non-hydrogen) atoms. The highest BCUT2D eigenvalue weighted by Gasteiger charge is 2.28. The summed E-state index contributed by atoms with van der Waals surface area (Å²) >= 11 is 0. The van der Waals surface area contributed by atoms with Gasteiger partial charge in [-0.25, -0.2) is 0 Å². The van der Waals surface area contributed by atoms with E-state index in [0.29, 0.717) is 12.1 Å². The average molecular weight is 281 g/mol. The van der Waals surface area contributed by atoms with Crippen LogP contribution in [-0.2, 0) is 4.74 Å². The van der Waals surface area contributed by atoms with Crippen molar-refractivity contribution < 1.29 is 4.74 Å². The van der Waals surface area contributed by atoms with E-state index < -0.39 is 0 Å². The van der Waals surface area contributed by atoms with Crippen LogP contribution in [0.3, 0.4) is 0 Å². The van der Waals surface area contributed by atoms with Crippen LogP contribution in [0.25, 0.3) is 0 Å². The molecule has 1 saturated heterocycles. The molecule has 1 aliphatic rings. The topological polar surface area (TPSA) is 48.3 Å². The molecule has 116 valence electrons. The van der Waals surface area contributed by atoms with Crippen LogP contribution >= 0.6 is 0 Å². The highest BCUT2D eigenvalue weighted by atomic mass is 16.5. The van der Waals surface area contributed by atoms with Crippen LogP contribution < -0.4 is 5.32 Å². The number of hydrogen-bond donors (Lipinski definition) is 1. The van der Waals surface area contributed by atoms with Crippen LogP contribution in [0.1, 0.15) is 53.4 Å². The smallest absolute Gasteiger partial charge is 0.106 e. The molecule has 0 radical (unpaired) electrons. The molecule has 4 nitrogen and oxygen atoms in total. The minimum absolute atomic E-state index is 0.330. The molecule has 1 fully saturated rings. The second kappa shape index (κ2) is 8.61. The number of morpholine rings is 1. The summed E-state index contributed by atoms with van der Waals surface area (Å²) in [5.41, 5.74) is -0.336. The van der Waals surface area contributed by atoms with Crippen LogP contribution in [-0.4, -0.2) is 48.8 Å². The molecular formula is C16H31N3O. The quantitative estimate of drug-likeness (QED) is 0.743. The van der Waals surface area contributed by atoms with Crippen molar-refractivity contribution >= 4 is 0 Å². The Morgan fingerprint density at radius 2 is 2.15 bits per heavy atom. The molecule has 1 aliphatic heterocycles. The molecule has 0 aliphatic carbocycles. The van der Waals surface area contributed by atoms with Gasteiger partial charge in [-0.3, -0.25) is 10.2 Å². The predicted octanol–water partition coefficient (Wildman–Crippen LogP) is 2.55. The van der Waals surface area contributed by atoms with Crippen molar-refractivity contribution in [3.8, 4) is 6.07 Å². The van der Waals surface area contributed by atoms with Gasteiger partial charge in [-0.15, -0.1) is 0 Å². The lowest BCUT2D eigenvalue weighted by molar-refractivity contribution is -0.0499. The first-order valence-electron chi connectivity index (χ1n) is 8.08. The monoisotopic (exact) mass is 281 g/mol. The van der Waals surface area contributed by atoms with Crippen molar-refractivity contribution in [1.29, 1.82) is 5.26 Å². The Kier molecular flexibility index (Phi) is 7.50. The third-order valence-electron chi connectivity index (χ3n) is 4.32. The van der Waals surface area contributed by atoms with E-state index in [2.05, 4.69) is 44.0 Å². The van der Waals surface area contributed by atoms with Crippen molar-refractivity contribution in [2.24, 2.45) is 0 Å². The van der Waals surface area contributed by atoms with Crippen molar-refractivity contribution in [2.45, 2.75) is 71.1 Å². The standard InChI is InChI=1S/C16H31N3O/c1-5-9-18-16(6-2,13-17)8-7-10-19-11-15(4)20-12-14(19)3/h14-15,18H,5-12H2,1-4H3. The van der Waals surface area contributed by atoms with Crippen LogP contribution in [0.5, 0.6) is 0 Å². The van der Waals surface area contributed by atoms with Crippen molar-refractivity contribution in [1.82, 2.24) is 10.2 Å². The fourth-order valence-corrected chi connectivity index (χ4v) is 2.80. The fourth-order valence-electron chi connectivity index (χ4n) is 2.80. The molecule has 0 bridgehead atoms. The van der Waals surface area contributed by atoms with E-state index in [4.69, 9.17) is 4.74 Å². The molecule has 1 N–H and O–H groups in total. The minimum atomic E-state index is -0.336. The number of rotatable bonds is 8. The number of nitrogens with one attached hydrogen (secondary N) is 1. The molecule has 1 heterocycles. The minimum Gasteiger partial charge on any atom is -0.376 e. The van der Waals surface area contributed by atoms with Gasteiger partial charge >= 0.3 is 0 Å². The van der Waals surface area contributed by atoms with Gasteiger partial charge in [0.25, 0.3) is 0 Å². The summed E-state index contributed by atoms with van der Waals surface area (Å²) in [6.07, 6.45) is 4.27. The van der Waals surface area contributed by atoms with E-state index in [9.17, 15) is 5.26 Å². The van der Waals surface area contributed by atoms with Gasteiger partial charge in [0.05, 0.1) is 18.8 Å². The zero-order chi connectivity index (χ0) is 15.0. The molecule has 0 amide bonds. The molecule has 4 heteroatoms. The van der Waals surface area contributed by atoms with E-state index in [0.717, 1.165) is 51.9 Å². The summed E-state index contributed by atoms with van der Waals surface area (Å²) in [5.74, 6) is 0. The number of ether oxygens (including phenoxy) is 1.